The highest BCUT2D eigenvalue weighted by Crippen LogP contribution is 1.81. The maximum Gasteiger partial charge on any atom is 0.0808 e. The predicted molar refractivity (Wildman–Crippen MR) is 28.0 cm³/mol. The first-order valence-electron chi connectivity index (χ1n) is 2.27. The maximum atomic E-state index is 5.35. The molecule has 0 fully saturated rings. The van der Waals surface area contributed by atoms with Crippen LogP contribution in [0.15, 0.2) is 12.3 Å². The van der Waals surface area contributed by atoms with E-state index >= 15 is 0 Å². The first-order valence-corrected chi connectivity index (χ1v) is 2.27. The Morgan fingerprint density at radius 1 is 1.71 bits per heavy atom. The minimum atomic E-state index is 0.760. The molecule has 0 aromatic carbocycles. The Balaban J connectivity index is 2.32. The van der Waals surface area contributed by atoms with Gasteiger partial charge in [0.2, 0.25) is 0 Å². The van der Waals surface area contributed by atoms with Gasteiger partial charge in [-0.15, -0.1) is 0 Å². The van der Waals surface area contributed by atoms with Gasteiger partial charge in [-0.2, -0.15) is 0 Å². The molecule has 7 heavy (non-hydrogen) atoms. The highest BCUT2D eigenvalue weighted by molar-refractivity contribution is 4.85. The van der Waals surface area contributed by atoms with Crippen LogP contribution in [0.5, 0.6) is 0 Å². The molecule has 0 aromatic rings. The number of hydrogen-bond acceptors (Lipinski definition) is 3. The third-order valence-electron chi connectivity index (χ3n) is 0.870. The summed E-state index contributed by atoms with van der Waals surface area (Å²) in [5.41, 5.74) is 0. The Bertz CT molecular complexity index is 79.0. The maximum absolute atomic E-state index is 5.35. The Labute approximate surface area is 42.8 Å². The van der Waals surface area contributed by atoms with E-state index < -0.39 is 0 Å². The predicted octanol–water partition coefficient (Wildman–Crippen LogP) is -0.764. The SMILES string of the molecule is NN1CC=CNC1. The molecule has 0 radical (unpaired) electrons. The standard InChI is InChI=1S/C4H9N3/c5-7-3-1-2-6-4-7/h1-2,6H,3-5H2. The van der Waals surface area contributed by atoms with E-state index in [1.807, 2.05) is 12.3 Å². The fraction of sp³-hybridized carbons (Fsp3) is 0.500. The van der Waals surface area contributed by atoms with Crippen LogP contribution in [-0.4, -0.2) is 18.2 Å². The molecule has 3 N–H and O–H groups in total. The van der Waals surface area contributed by atoms with Crippen molar-refractivity contribution in [2.45, 2.75) is 0 Å². The van der Waals surface area contributed by atoms with Crippen LogP contribution in [0, 0.1) is 0 Å². The first-order chi connectivity index (χ1) is 3.39. The molecule has 0 saturated heterocycles. The zero-order valence-corrected chi connectivity index (χ0v) is 4.09. The first kappa shape index (κ1) is 4.61. The summed E-state index contributed by atoms with van der Waals surface area (Å²) < 4.78 is 0. The second kappa shape index (κ2) is 1.95. The zero-order chi connectivity index (χ0) is 5.11. The summed E-state index contributed by atoms with van der Waals surface area (Å²) >= 11 is 0. The summed E-state index contributed by atoms with van der Waals surface area (Å²) in [7, 11) is 0. The van der Waals surface area contributed by atoms with E-state index in [0.717, 1.165) is 13.2 Å². The van der Waals surface area contributed by atoms with Gasteiger partial charge in [0.25, 0.3) is 0 Å². The molecular formula is C4H9N3. The van der Waals surface area contributed by atoms with Gasteiger partial charge in [0.1, 0.15) is 0 Å². The summed E-state index contributed by atoms with van der Waals surface area (Å²) in [6, 6.07) is 0. The van der Waals surface area contributed by atoms with Gasteiger partial charge in [-0.05, 0) is 6.20 Å². The molecule has 0 bridgehead atoms. The molecule has 1 rings (SSSR count). The fourth-order valence-electron chi connectivity index (χ4n) is 0.506. The van der Waals surface area contributed by atoms with E-state index in [1.54, 1.807) is 5.01 Å². The molecule has 0 aromatic heterocycles. The molecule has 3 nitrogen and oxygen atoms in total. The van der Waals surface area contributed by atoms with Crippen molar-refractivity contribution in [3.05, 3.63) is 12.3 Å². The zero-order valence-electron chi connectivity index (χ0n) is 4.09. The minimum Gasteiger partial charge on any atom is -0.377 e. The molecule has 40 valence electrons. The number of hydrazine groups is 1. The largest absolute Gasteiger partial charge is 0.377 e. The molecule has 0 saturated carbocycles. The summed E-state index contributed by atoms with van der Waals surface area (Å²) in [6.45, 7) is 1.61. The third kappa shape index (κ3) is 1.17. The van der Waals surface area contributed by atoms with Crippen molar-refractivity contribution in [3.8, 4) is 0 Å². The molecule has 0 spiro atoms. The smallest absolute Gasteiger partial charge is 0.0808 e. The van der Waals surface area contributed by atoms with Crippen LogP contribution < -0.4 is 11.2 Å². The fourth-order valence-corrected chi connectivity index (χ4v) is 0.506. The van der Waals surface area contributed by atoms with Gasteiger partial charge in [0.15, 0.2) is 0 Å². The Kier molecular flexibility index (Phi) is 1.29. The minimum absolute atomic E-state index is 0.760. The summed E-state index contributed by atoms with van der Waals surface area (Å²) in [5.74, 6) is 5.35. The van der Waals surface area contributed by atoms with Gasteiger partial charge in [-0.25, -0.2) is 5.01 Å². The van der Waals surface area contributed by atoms with Crippen molar-refractivity contribution in [2.75, 3.05) is 13.2 Å². The Morgan fingerprint density at radius 2 is 2.57 bits per heavy atom. The Hall–Kier alpha value is -0.540. The molecule has 0 aliphatic carbocycles. The molecular weight excluding hydrogens is 90.1 g/mol. The highest BCUT2D eigenvalue weighted by Gasteiger charge is 1.94. The van der Waals surface area contributed by atoms with Crippen molar-refractivity contribution in [3.63, 3.8) is 0 Å². The number of hydrogen-bond donors (Lipinski definition) is 2. The number of nitrogens with one attached hydrogen (secondary N) is 1. The van der Waals surface area contributed by atoms with Crippen molar-refractivity contribution in [1.82, 2.24) is 10.3 Å². The average molecular weight is 99.1 g/mol. The lowest BCUT2D eigenvalue weighted by molar-refractivity contribution is 0.291. The average Bonchev–Trinajstić information content (AvgIpc) is 1.69. The number of rotatable bonds is 0. The lowest BCUT2D eigenvalue weighted by Crippen LogP contribution is -2.40. The van der Waals surface area contributed by atoms with Gasteiger partial charge in [-0.1, -0.05) is 6.08 Å². The lowest BCUT2D eigenvalue weighted by atomic mass is 10.5. The summed E-state index contributed by atoms with van der Waals surface area (Å²) in [5, 5.41) is 4.65. The van der Waals surface area contributed by atoms with Gasteiger partial charge in [0.05, 0.1) is 6.67 Å². The van der Waals surface area contributed by atoms with Crippen LogP contribution >= 0.6 is 0 Å². The van der Waals surface area contributed by atoms with Crippen LogP contribution in [-0.2, 0) is 0 Å². The molecule has 1 aliphatic heterocycles. The van der Waals surface area contributed by atoms with E-state index in [9.17, 15) is 0 Å². The van der Waals surface area contributed by atoms with E-state index in [0.29, 0.717) is 0 Å². The van der Waals surface area contributed by atoms with Crippen molar-refractivity contribution >= 4 is 0 Å². The normalized spacial score (nSPS) is 21.9. The van der Waals surface area contributed by atoms with Crippen molar-refractivity contribution in [1.29, 1.82) is 0 Å². The third-order valence-corrected chi connectivity index (χ3v) is 0.870. The monoisotopic (exact) mass is 99.1 g/mol. The van der Waals surface area contributed by atoms with Crippen LogP contribution in [0.3, 0.4) is 0 Å². The van der Waals surface area contributed by atoms with Crippen LogP contribution in [0.1, 0.15) is 0 Å². The Morgan fingerprint density at radius 3 is 2.86 bits per heavy atom. The lowest BCUT2D eigenvalue weighted by Gasteiger charge is -2.17. The molecule has 3 heteroatoms. The molecule has 1 aliphatic rings. The van der Waals surface area contributed by atoms with Crippen LogP contribution in [0.2, 0.25) is 0 Å². The van der Waals surface area contributed by atoms with E-state index in [-0.39, 0.29) is 0 Å². The van der Waals surface area contributed by atoms with Gasteiger partial charge < -0.3 is 5.32 Å². The number of nitrogens with zero attached hydrogens (tertiary/aromatic N) is 1. The van der Waals surface area contributed by atoms with E-state index in [1.165, 1.54) is 0 Å². The second-order valence-corrected chi connectivity index (χ2v) is 1.54. The summed E-state index contributed by atoms with van der Waals surface area (Å²) in [4.78, 5) is 0. The second-order valence-electron chi connectivity index (χ2n) is 1.54. The van der Waals surface area contributed by atoms with E-state index in [4.69, 9.17) is 5.84 Å². The van der Waals surface area contributed by atoms with Gasteiger partial charge in [0, 0.05) is 6.54 Å². The number of nitrogens with two attached hydrogens (primary N) is 1. The van der Waals surface area contributed by atoms with Crippen molar-refractivity contribution in [2.24, 2.45) is 5.84 Å². The topological polar surface area (TPSA) is 41.3 Å². The quantitative estimate of drug-likeness (QED) is 0.392. The summed E-state index contributed by atoms with van der Waals surface area (Å²) in [6.07, 6.45) is 3.88. The van der Waals surface area contributed by atoms with Gasteiger partial charge in [-0.3, -0.25) is 5.84 Å². The van der Waals surface area contributed by atoms with Crippen LogP contribution in [0.25, 0.3) is 0 Å². The molecule has 0 atom stereocenters. The molecule has 1 heterocycles. The van der Waals surface area contributed by atoms with Gasteiger partial charge >= 0.3 is 0 Å². The highest BCUT2D eigenvalue weighted by atomic mass is 15.4. The van der Waals surface area contributed by atoms with Crippen molar-refractivity contribution < 1.29 is 0 Å². The molecule has 0 unspecified atom stereocenters. The van der Waals surface area contributed by atoms with E-state index in [2.05, 4.69) is 5.32 Å². The van der Waals surface area contributed by atoms with Crippen LogP contribution in [0.4, 0.5) is 0 Å². The molecule has 0 amide bonds.